The lowest BCUT2D eigenvalue weighted by molar-refractivity contribution is -0.127. The van der Waals surface area contributed by atoms with Crippen molar-refractivity contribution in [3.8, 4) is 0 Å². The van der Waals surface area contributed by atoms with Crippen LogP contribution in [-0.4, -0.2) is 42.5 Å². The highest BCUT2D eigenvalue weighted by Crippen LogP contribution is 2.31. The Morgan fingerprint density at radius 2 is 2.09 bits per heavy atom. The Morgan fingerprint density at radius 3 is 2.68 bits per heavy atom. The standard InChI is InChI=1S/C17H33N3O.ClH/c1-12-6-5-7-15(13(12)2)19-16(21)14(3)20-9-8-17(4,10-18)11-20;/h12-15H,5-11,18H2,1-4H3,(H,19,21);1H. The Kier molecular flexibility index (Phi) is 7.16. The maximum absolute atomic E-state index is 12.6. The smallest absolute Gasteiger partial charge is 0.237 e. The van der Waals surface area contributed by atoms with Crippen LogP contribution in [0.15, 0.2) is 0 Å². The lowest BCUT2D eigenvalue weighted by Gasteiger charge is -2.36. The Balaban J connectivity index is 0.00000242. The van der Waals surface area contributed by atoms with Gasteiger partial charge >= 0.3 is 0 Å². The molecule has 3 N–H and O–H groups in total. The van der Waals surface area contributed by atoms with Crippen molar-refractivity contribution in [3.05, 3.63) is 0 Å². The highest BCUT2D eigenvalue weighted by Gasteiger charge is 2.37. The van der Waals surface area contributed by atoms with Crippen LogP contribution in [0.2, 0.25) is 0 Å². The van der Waals surface area contributed by atoms with Crippen molar-refractivity contribution >= 4 is 18.3 Å². The molecule has 1 heterocycles. The normalized spacial score (nSPS) is 37.4. The van der Waals surface area contributed by atoms with Gasteiger partial charge in [0.05, 0.1) is 6.04 Å². The second kappa shape index (κ2) is 7.98. The third kappa shape index (κ3) is 4.36. The molecule has 5 unspecified atom stereocenters. The first kappa shape index (κ1) is 19.7. The van der Waals surface area contributed by atoms with E-state index in [1.54, 1.807) is 0 Å². The van der Waals surface area contributed by atoms with Crippen LogP contribution in [0.5, 0.6) is 0 Å². The molecule has 22 heavy (non-hydrogen) atoms. The van der Waals surface area contributed by atoms with Crippen molar-refractivity contribution in [1.82, 2.24) is 10.2 Å². The molecular weight excluding hydrogens is 298 g/mol. The van der Waals surface area contributed by atoms with E-state index < -0.39 is 0 Å². The van der Waals surface area contributed by atoms with Gasteiger partial charge in [-0.15, -0.1) is 12.4 Å². The average Bonchev–Trinajstić information content (AvgIpc) is 2.86. The number of rotatable bonds is 4. The Hall–Kier alpha value is -0.320. The van der Waals surface area contributed by atoms with Crippen LogP contribution in [0.3, 0.4) is 0 Å². The molecule has 1 saturated carbocycles. The first-order valence-electron chi connectivity index (χ1n) is 8.61. The molecule has 1 amide bonds. The van der Waals surface area contributed by atoms with E-state index in [9.17, 15) is 4.79 Å². The van der Waals surface area contributed by atoms with E-state index in [1.165, 1.54) is 12.8 Å². The second-order valence-electron chi connectivity index (χ2n) is 7.79. The summed E-state index contributed by atoms with van der Waals surface area (Å²) in [5.74, 6) is 1.50. The van der Waals surface area contributed by atoms with Crippen LogP contribution >= 0.6 is 12.4 Å². The molecule has 5 atom stereocenters. The molecule has 1 saturated heterocycles. The Morgan fingerprint density at radius 1 is 1.41 bits per heavy atom. The molecule has 0 aromatic carbocycles. The van der Waals surface area contributed by atoms with E-state index in [2.05, 4.69) is 31.0 Å². The van der Waals surface area contributed by atoms with E-state index in [0.717, 1.165) is 25.9 Å². The number of carbonyl (C=O) groups excluding carboxylic acids is 1. The van der Waals surface area contributed by atoms with Crippen LogP contribution in [0, 0.1) is 17.3 Å². The fourth-order valence-corrected chi connectivity index (χ4v) is 3.81. The minimum Gasteiger partial charge on any atom is -0.352 e. The zero-order valence-electron chi connectivity index (χ0n) is 14.6. The molecule has 0 radical (unpaired) electrons. The minimum atomic E-state index is -0.0391. The summed E-state index contributed by atoms with van der Waals surface area (Å²) in [6.45, 7) is 11.5. The number of nitrogens with two attached hydrogens (primary N) is 1. The molecule has 2 rings (SSSR count). The number of halogens is 1. The topological polar surface area (TPSA) is 58.4 Å². The summed E-state index contributed by atoms with van der Waals surface area (Å²) in [4.78, 5) is 14.9. The predicted molar refractivity (Wildman–Crippen MR) is 94.2 cm³/mol. The van der Waals surface area contributed by atoms with Gasteiger partial charge in [-0.05, 0) is 50.1 Å². The first-order chi connectivity index (χ1) is 9.86. The van der Waals surface area contributed by atoms with Gasteiger partial charge in [-0.2, -0.15) is 0 Å². The Bertz CT molecular complexity index is 379. The zero-order valence-corrected chi connectivity index (χ0v) is 15.4. The largest absolute Gasteiger partial charge is 0.352 e. The van der Waals surface area contributed by atoms with Crippen LogP contribution < -0.4 is 11.1 Å². The lowest BCUT2D eigenvalue weighted by atomic mass is 9.78. The summed E-state index contributed by atoms with van der Waals surface area (Å²) in [7, 11) is 0. The molecule has 1 aliphatic heterocycles. The maximum atomic E-state index is 12.6. The van der Waals surface area contributed by atoms with Crippen molar-refractivity contribution in [2.75, 3.05) is 19.6 Å². The van der Waals surface area contributed by atoms with Gasteiger partial charge in [0.15, 0.2) is 0 Å². The number of nitrogens with one attached hydrogen (secondary N) is 1. The molecule has 2 fully saturated rings. The van der Waals surface area contributed by atoms with E-state index >= 15 is 0 Å². The SMILES string of the molecule is CC1CCCC(NC(=O)C(C)N2CCC(C)(CN)C2)C1C.Cl. The van der Waals surface area contributed by atoms with E-state index in [0.29, 0.717) is 24.4 Å². The predicted octanol–water partition coefficient (Wildman–Crippen LogP) is 2.41. The molecule has 0 spiro atoms. The number of hydrogen-bond acceptors (Lipinski definition) is 3. The zero-order chi connectivity index (χ0) is 15.6. The first-order valence-corrected chi connectivity index (χ1v) is 8.61. The van der Waals surface area contributed by atoms with Crippen molar-refractivity contribution in [3.63, 3.8) is 0 Å². The average molecular weight is 332 g/mol. The molecule has 0 aromatic rings. The van der Waals surface area contributed by atoms with Crippen LogP contribution in [-0.2, 0) is 4.79 Å². The number of nitrogens with zero attached hydrogens (tertiary/aromatic N) is 1. The summed E-state index contributed by atoms with van der Waals surface area (Å²) >= 11 is 0. The highest BCUT2D eigenvalue weighted by atomic mass is 35.5. The van der Waals surface area contributed by atoms with Gasteiger partial charge in [0.1, 0.15) is 0 Å². The fourth-order valence-electron chi connectivity index (χ4n) is 3.81. The van der Waals surface area contributed by atoms with E-state index in [-0.39, 0.29) is 29.8 Å². The van der Waals surface area contributed by atoms with E-state index in [1.807, 2.05) is 6.92 Å². The van der Waals surface area contributed by atoms with Crippen LogP contribution in [0.25, 0.3) is 0 Å². The molecule has 1 aliphatic carbocycles. The minimum absolute atomic E-state index is 0. The van der Waals surface area contributed by atoms with Gasteiger partial charge < -0.3 is 11.1 Å². The highest BCUT2D eigenvalue weighted by molar-refractivity contribution is 5.85. The summed E-state index contributed by atoms with van der Waals surface area (Å²) in [5.41, 5.74) is 6.04. The number of hydrogen-bond donors (Lipinski definition) is 2. The molecular formula is C17H34ClN3O. The Labute approximate surface area is 142 Å². The van der Waals surface area contributed by atoms with Gasteiger partial charge in [-0.3, -0.25) is 9.69 Å². The van der Waals surface area contributed by atoms with E-state index in [4.69, 9.17) is 5.73 Å². The number of amides is 1. The molecule has 4 nitrogen and oxygen atoms in total. The van der Waals surface area contributed by atoms with Crippen molar-refractivity contribution < 1.29 is 4.79 Å². The lowest BCUT2D eigenvalue weighted by Crippen LogP contribution is -2.51. The summed E-state index contributed by atoms with van der Waals surface area (Å²) in [6, 6.07) is 0.315. The quantitative estimate of drug-likeness (QED) is 0.831. The van der Waals surface area contributed by atoms with Gasteiger partial charge in [-0.25, -0.2) is 0 Å². The molecule has 5 heteroatoms. The molecule has 0 aromatic heterocycles. The third-order valence-electron chi connectivity index (χ3n) is 6.04. The van der Waals surface area contributed by atoms with Gasteiger partial charge in [0.2, 0.25) is 5.91 Å². The van der Waals surface area contributed by atoms with Crippen molar-refractivity contribution in [2.24, 2.45) is 23.0 Å². The summed E-state index contributed by atoms with van der Waals surface area (Å²) < 4.78 is 0. The van der Waals surface area contributed by atoms with Gasteiger partial charge in [-0.1, -0.05) is 33.6 Å². The van der Waals surface area contributed by atoms with Crippen molar-refractivity contribution in [2.45, 2.75) is 65.5 Å². The number of likely N-dealkylation sites (tertiary alicyclic amines) is 1. The number of carbonyl (C=O) groups is 1. The fraction of sp³-hybridized carbons (Fsp3) is 0.941. The van der Waals surface area contributed by atoms with Gasteiger partial charge in [0.25, 0.3) is 0 Å². The monoisotopic (exact) mass is 331 g/mol. The summed E-state index contributed by atoms with van der Waals surface area (Å²) in [5, 5.41) is 3.31. The van der Waals surface area contributed by atoms with Crippen LogP contribution in [0.4, 0.5) is 0 Å². The molecule has 2 aliphatic rings. The maximum Gasteiger partial charge on any atom is 0.237 e. The van der Waals surface area contributed by atoms with Crippen LogP contribution in [0.1, 0.15) is 53.4 Å². The molecule has 130 valence electrons. The third-order valence-corrected chi connectivity index (χ3v) is 6.04. The van der Waals surface area contributed by atoms with Gasteiger partial charge in [0, 0.05) is 12.6 Å². The summed E-state index contributed by atoms with van der Waals surface area (Å²) in [6.07, 6.45) is 4.76. The second-order valence-corrected chi connectivity index (χ2v) is 7.79. The molecule has 0 bridgehead atoms. The van der Waals surface area contributed by atoms with Crippen molar-refractivity contribution in [1.29, 1.82) is 0 Å².